The van der Waals surface area contributed by atoms with Gasteiger partial charge in [-0.15, -0.1) is 0 Å². The zero-order chi connectivity index (χ0) is 7.94. The van der Waals surface area contributed by atoms with Crippen LogP contribution in [0.3, 0.4) is 0 Å². The van der Waals surface area contributed by atoms with Gasteiger partial charge in [0.25, 0.3) is 0 Å². The molecule has 1 rings (SSSR count). The minimum absolute atomic E-state index is 0.264. The fourth-order valence-electron chi connectivity index (χ4n) is 0.658. The van der Waals surface area contributed by atoms with Crippen molar-refractivity contribution in [2.75, 3.05) is 12.0 Å². The molecule has 0 bridgehead atoms. The van der Waals surface area contributed by atoms with Crippen molar-refractivity contribution >= 4 is 23.4 Å². The van der Waals surface area contributed by atoms with Crippen LogP contribution in [0.5, 0.6) is 0 Å². The second-order valence-electron chi connectivity index (χ2n) is 1.89. The zero-order valence-corrected chi connectivity index (χ0v) is 7.57. The van der Waals surface area contributed by atoms with E-state index in [0.29, 0.717) is 5.94 Å². The summed E-state index contributed by atoms with van der Waals surface area (Å²) in [7, 11) is 0. The summed E-state index contributed by atoms with van der Waals surface area (Å²) in [5.74, 6) is 0.619. The molecular weight excluding hydrogens is 180 g/mol. The fraction of sp³-hybridized carbons (Fsp3) is 0.250. The molecule has 1 nitrogen and oxygen atoms in total. The molecule has 0 radical (unpaired) electrons. The minimum atomic E-state index is 0.264. The first kappa shape index (κ1) is 8.91. The van der Waals surface area contributed by atoms with Crippen molar-refractivity contribution in [3.8, 4) is 0 Å². The van der Waals surface area contributed by atoms with Crippen molar-refractivity contribution in [2.24, 2.45) is 0 Å². The first-order valence-corrected chi connectivity index (χ1v) is 4.77. The summed E-state index contributed by atoms with van der Waals surface area (Å²) in [5.41, 5.74) is 0. The molecule has 0 saturated carbocycles. The fourth-order valence-corrected chi connectivity index (χ4v) is 1.48. The summed E-state index contributed by atoms with van der Waals surface area (Å²) < 4.78 is 4.97. The normalized spacial score (nSPS) is 9.91. The molecule has 3 heteroatoms. The van der Waals surface area contributed by atoms with Crippen molar-refractivity contribution < 1.29 is 4.74 Å². The number of alkyl halides is 1. The van der Waals surface area contributed by atoms with E-state index in [1.54, 1.807) is 11.8 Å². The molecule has 60 valence electrons. The lowest BCUT2D eigenvalue weighted by molar-refractivity contribution is 0.236. The Balaban J connectivity index is 2.28. The Hall–Kier alpha value is -0.180. The molecular formula is C8H9ClOS. The predicted octanol–water partition coefficient (Wildman–Crippen LogP) is 2.95. The third kappa shape index (κ3) is 3.65. The van der Waals surface area contributed by atoms with E-state index in [1.807, 2.05) is 30.3 Å². The maximum Gasteiger partial charge on any atom is 0.122 e. The van der Waals surface area contributed by atoms with E-state index in [0.717, 1.165) is 0 Å². The summed E-state index contributed by atoms with van der Waals surface area (Å²) in [4.78, 5) is 1.21. The van der Waals surface area contributed by atoms with Gasteiger partial charge in [-0.2, -0.15) is 0 Å². The topological polar surface area (TPSA) is 9.23 Å². The van der Waals surface area contributed by atoms with Crippen molar-refractivity contribution in [3.05, 3.63) is 30.3 Å². The van der Waals surface area contributed by atoms with E-state index in [1.165, 1.54) is 4.90 Å². The van der Waals surface area contributed by atoms with Crippen LogP contribution in [-0.4, -0.2) is 12.0 Å². The SMILES string of the molecule is ClCOCSc1ccccc1. The third-order valence-corrected chi connectivity index (χ3v) is 2.17. The van der Waals surface area contributed by atoms with Crippen LogP contribution < -0.4 is 0 Å². The zero-order valence-electron chi connectivity index (χ0n) is 6.00. The van der Waals surface area contributed by atoms with E-state index >= 15 is 0 Å². The van der Waals surface area contributed by atoms with Crippen LogP contribution in [0.25, 0.3) is 0 Å². The number of rotatable bonds is 4. The monoisotopic (exact) mass is 188 g/mol. The van der Waals surface area contributed by atoms with Gasteiger partial charge < -0.3 is 4.74 Å². The predicted molar refractivity (Wildman–Crippen MR) is 49.0 cm³/mol. The molecule has 0 aromatic heterocycles. The van der Waals surface area contributed by atoms with Crippen molar-refractivity contribution in [1.82, 2.24) is 0 Å². The summed E-state index contributed by atoms with van der Waals surface area (Å²) >= 11 is 6.97. The van der Waals surface area contributed by atoms with E-state index in [9.17, 15) is 0 Å². The van der Waals surface area contributed by atoms with Gasteiger partial charge >= 0.3 is 0 Å². The van der Waals surface area contributed by atoms with Crippen molar-refractivity contribution in [1.29, 1.82) is 0 Å². The van der Waals surface area contributed by atoms with Gasteiger partial charge in [0.2, 0.25) is 0 Å². The molecule has 0 spiro atoms. The molecule has 0 aliphatic heterocycles. The van der Waals surface area contributed by atoms with E-state index in [-0.39, 0.29) is 6.07 Å². The van der Waals surface area contributed by atoms with Gasteiger partial charge in [0.05, 0.1) is 5.94 Å². The van der Waals surface area contributed by atoms with Gasteiger partial charge in [0.15, 0.2) is 0 Å². The first-order valence-electron chi connectivity index (χ1n) is 3.25. The van der Waals surface area contributed by atoms with Gasteiger partial charge in [-0.25, -0.2) is 0 Å². The molecule has 0 unspecified atom stereocenters. The first-order chi connectivity index (χ1) is 5.43. The molecule has 1 aromatic carbocycles. The van der Waals surface area contributed by atoms with E-state index in [4.69, 9.17) is 16.3 Å². The maximum absolute atomic E-state index is 5.33. The molecule has 0 saturated heterocycles. The highest BCUT2D eigenvalue weighted by atomic mass is 35.5. The highest BCUT2D eigenvalue weighted by Crippen LogP contribution is 2.16. The van der Waals surface area contributed by atoms with Crippen LogP contribution in [0, 0.1) is 0 Å². The number of halogens is 1. The second-order valence-corrected chi connectivity index (χ2v) is 3.10. The Morgan fingerprint density at radius 2 is 2.00 bits per heavy atom. The van der Waals surface area contributed by atoms with Crippen LogP contribution in [-0.2, 0) is 4.74 Å². The van der Waals surface area contributed by atoms with Crippen LogP contribution in [0.4, 0.5) is 0 Å². The Bertz CT molecular complexity index is 191. The molecule has 0 heterocycles. The third-order valence-electron chi connectivity index (χ3n) is 1.13. The largest absolute Gasteiger partial charge is 0.355 e. The number of hydrogen-bond acceptors (Lipinski definition) is 2. The van der Waals surface area contributed by atoms with Crippen LogP contribution in [0.1, 0.15) is 0 Å². The molecule has 0 aliphatic rings. The van der Waals surface area contributed by atoms with Gasteiger partial charge in [0.1, 0.15) is 6.07 Å². The van der Waals surface area contributed by atoms with Gasteiger partial charge in [0, 0.05) is 4.90 Å². The lowest BCUT2D eigenvalue weighted by atomic mass is 10.4. The smallest absolute Gasteiger partial charge is 0.122 e. The van der Waals surface area contributed by atoms with Crippen LogP contribution in [0.2, 0.25) is 0 Å². The highest BCUT2D eigenvalue weighted by Gasteiger charge is 1.89. The summed E-state index contributed by atoms with van der Waals surface area (Å²) in [5, 5.41) is 0. The standard InChI is InChI=1S/C8H9ClOS/c9-6-10-7-11-8-4-2-1-3-5-8/h1-5H,6-7H2. The molecule has 1 aromatic rings. The number of ether oxygens (including phenoxy) is 1. The average Bonchev–Trinajstić information content (AvgIpc) is 2.07. The van der Waals surface area contributed by atoms with Crippen LogP contribution in [0.15, 0.2) is 35.2 Å². The second kappa shape index (κ2) is 5.47. The number of hydrogen-bond donors (Lipinski definition) is 0. The number of benzene rings is 1. The lowest BCUT2D eigenvalue weighted by Crippen LogP contribution is -1.84. The van der Waals surface area contributed by atoms with Gasteiger partial charge in [-0.3, -0.25) is 0 Å². The maximum atomic E-state index is 5.33. The summed E-state index contributed by atoms with van der Waals surface area (Å²) in [6, 6.07) is 10.4. The van der Waals surface area contributed by atoms with Crippen molar-refractivity contribution in [2.45, 2.75) is 4.90 Å². The van der Waals surface area contributed by atoms with Gasteiger partial charge in [-0.1, -0.05) is 41.6 Å². The molecule has 0 fully saturated rings. The quantitative estimate of drug-likeness (QED) is 0.311. The minimum Gasteiger partial charge on any atom is -0.355 e. The molecule has 0 atom stereocenters. The lowest BCUT2D eigenvalue weighted by Gasteiger charge is -1.98. The van der Waals surface area contributed by atoms with E-state index < -0.39 is 0 Å². The van der Waals surface area contributed by atoms with Crippen LogP contribution >= 0.6 is 23.4 Å². The number of thioether (sulfide) groups is 1. The molecule has 0 amide bonds. The molecule has 11 heavy (non-hydrogen) atoms. The molecule has 0 aliphatic carbocycles. The highest BCUT2D eigenvalue weighted by molar-refractivity contribution is 7.99. The van der Waals surface area contributed by atoms with E-state index in [2.05, 4.69) is 0 Å². The summed E-state index contributed by atoms with van der Waals surface area (Å²) in [6.45, 7) is 0. The van der Waals surface area contributed by atoms with Gasteiger partial charge in [-0.05, 0) is 12.1 Å². The Kier molecular flexibility index (Phi) is 4.43. The Morgan fingerprint density at radius 1 is 1.27 bits per heavy atom. The summed E-state index contributed by atoms with van der Waals surface area (Å²) in [6.07, 6.45) is 0. The Labute approximate surface area is 75.7 Å². The molecule has 0 N–H and O–H groups in total. The van der Waals surface area contributed by atoms with Crippen molar-refractivity contribution in [3.63, 3.8) is 0 Å². The average molecular weight is 189 g/mol. The Morgan fingerprint density at radius 3 is 2.64 bits per heavy atom.